The summed E-state index contributed by atoms with van der Waals surface area (Å²) in [4.78, 5) is 11.0. The third-order valence-corrected chi connectivity index (χ3v) is 2.16. The number of benzene rings is 1. The number of primary amides is 1. The molecule has 0 aliphatic heterocycles. The summed E-state index contributed by atoms with van der Waals surface area (Å²) in [5.41, 5.74) is 11.5. The lowest BCUT2D eigenvalue weighted by Crippen LogP contribution is -2.11. The van der Waals surface area contributed by atoms with E-state index in [4.69, 9.17) is 20.6 Å². The molecule has 15 heavy (non-hydrogen) atoms. The van der Waals surface area contributed by atoms with Crippen LogP contribution in [0.1, 0.15) is 10.6 Å². The Labute approximate surface area is 85.6 Å². The molecule has 2 aromatic rings. The van der Waals surface area contributed by atoms with Gasteiger partial charge in [0.25, 0.3) is 5.91 Å². The second-order valence-electron chi connectivity index (χ2n) is 3.05. The van der Waals surface area contributed by atoms with E-state index in [0.717, 1.165) is 0 Å². The van der Waals surface area contributed by atoms with Gasteiger partial charge in [0.1, 0.15) is 0 Å². The monoisotopic (exact) mass is 206 g/mol. The Morgan fingerprint density at radius 2 is 2.20 bits per heavy atom. The van der Waals surface area contributed by atoms with Crippen LogP contribution in [0.4, 0.5) is 5.69 Å². The summed E-state index contributed by atoms with van der Waals surface area (Å²) in [6, 6.07) is 5.22. The van der Waals surface area contributed by atoms with Gasteiger partial charge in [-0.3, -0.25) is 4.79 Å². The zero-order chi connectivity index (χ0) is 11.0. The Morgan fingerprint density at radius 3 is 2.80 bits per heavy atom. The van der Waals surface area contributed by atoms with Crippen molar-refractivity contribution >= 4 is 22.6 Å². The lowest BCUT2D eigenvalue weighted by atomic mass is 10.2. The molecule has 0 radical (unpaired) electrons. The predicted molar refractivity (Wildman–Crippen MR) is 55.7 cm³/mol. The van der Waals surface area contributed by atoms with E-state index < -0.39 is 5.91 Å². The maximum absolute atomic E-state index is 11.0. The first kappa shape index (κ1) is 9.39. The van der Waals surface area contributed by atoms with Crippen LogP contribution in [0.3, 0.4) is 0 Å². The Kier molecular flexibility index (Phi) is 2.00. The highest BCUT2D eigenvalue weighted by atomic mass is 16.5. The van der Waals surface area contributed by atoms with Crippen molar-refractivity contribution in [3.05, 3.63) is 24.0 Å². The first-order chi connectivity index (χ1) is 7.15. The van der Waals surface area contributed by atoms with E-state index in [1.807, 2.05) is 0 Å². The first-order valence-electron chi connectivity index (χ1n) is 4.30. The molecule has 0 aliphatic carbocycles. The lowest BCUT2D eigenvalue weighted by Gasteiger charge is -1.98. The minimum atomic E-state index is -0.689. The molecule has 4 N–H and O–H groups in total. The smallest absolute Gasteiger partial charge is 0.286 e. The molecule has 1 aromatic heterocycles. The number of methoxy groups -OCH3 is 1. The van der Waals surface area contributed by atoms with Crippen LogP contribution in [0.5, 0.6) is 5.75 Å². The third-order valence-electron chi connectivity index (χ3n) is 2.16. The maximum atomic E-state index is 11.0. The van der Waals surface area contributed by atoms with Crippen molar-refractivity contribution in [1.82, 2.24) is 0 Å². The summed E-state index contributed by atoms with van der Waals surface area (Å²) in [5, 5.41) is 0.628. The predicted octanol–water partition coefficient (Wildman–Crippen LogP) is 1.12. The van der Waals surface area contributed by atoms with Gasteiger partial charge in [0.2, 0.25) is 5.76 Å². The summed E-state index contributed by atoms with van der Waals surface area (Å²) in [7, 11) is 1.51. The fraction of sp³-hybridized carbons (Fsp3) is 0.100. The van der Waals surface area contributed by atoms with E-state index in [-0.39, 0.29) is 11.4 Å². The molecule has 0 saturated carbocycles. The number of rotatable bonds is 2. The molecule has 2 rings (SSSR count). The number of hydrogen-bond donors (Lipinski definition) is 2. The summed E-state index contributed by atoms with van der Waals surface area (Å²) in [5.74, 6) is -0.202. The molecule has 1 aromatic carbocycles. The highest BCUT2D eigenvalue weighted by Crippen LogP contribution is 2.33. The van der Waals surface area contributed by atoms with Crippen molar-refractivity contribution in [2.45, 2.75) is 0 Å². The molecule has 78 valence electrons. The van der Waals surface area contributed by atoms with Crippen LogP contribution in [-0.4, -0.2) is 13.0 Å². The molecule has 1 heterocycles. The quantitative estimate of drug-likeness (QED) is 0.770. The van der Waals surface area contributed by atoms with E-state index in [2.05, 4.69) is 0 Å². The number of fused-ring (bicyclic) bond motifs is 1. The van der Waals surface area contributed by atoms with Crippen LogP contribution in [-0.2, 0) is 0 Å². The molecule has 5 heteroatoms. The van der Waals surface area contributed by atoms with E-state index in [9.17, 15) is 4.79 Å². The molecule has 0 unspecified atom stereocenters. The SMILES string of the molecule is COc1cccc2c(N)c(C(N)=O)oc12. The molecular weight excluding hydrogens is 196 g/mol. The largest absolute Gasteiger partial charge is 0.493 e. The van der Waals surface area contributed by atoms with Crippen molar-refractivity contribution in [3.63, 3.8) is 0 Å². The molecule has 0 aliphatic rings. The van der Waals surface area contributed by atoms with E-state index in [1.54, 1.807) is 18.2 Å². The average Bonchev–Trinajstić information content (AvgIpc) is 2.56. The summed E-state index contributed by atoms with van der Waals surface area (Å²) < 4.78 is 10.3. The number of para-hydroxylation sites is 1. The average molecular weight is 206 g/mol. The minimum Gasteiger partial charge on any atom is -0.493 e. The Bertz CT molecular complexity index is 531. The van der Waals surface area contributed by atoms with Crippen LogP contribution < -0.4 is 16.2 Å². The van der Waals surface area contributed by atoms with Gasteiger partial charge in [-0.25, -0.2) is 0 Å². The van der Waals surface area contributed by atoms with Gasteiger partial charge in [-0.05, 0) is 12.1 Å². The van der Waals surface area contributed by atoms with Gasteiger partial charge in [-0.1, -0.05) is 6.07 Å². The summed E-state index contributed by atoms with van der Waals surface area (Å²) in [6.45, 7) is 0. The van der Waals surface area contributed by atoms with Crippen molar-refractivity contribution < 1.29 is 13.9 Å². The highest BCUT2D eigenvalue weighted by Gasteiger charge is 2.17. The van der Waals surface area contributed by atoms with Crippen LogP contribution in [0, 0.1) is 0 Å². The van der Waals surface area contributed by atoms with Crippen molar-refractivity contribution in [1.29, 1.82) is 0 Å². The number of carbonyl (C=O) groups excluding carboxylic acids is 1. The molecule has 0 bridgehead atoms. The first-order valence-corrected chi connectivity index (χ1v) is 4.30. The number of ether oxygens (including phenoxy) is 1. The van der Waals surface area contributed by atoms with Crippen LogP contribution >= 0.6 is 0 Å². The highest BCUT2D eigenvalue weighted by molar-refractivity contribution is 6.06. The number of carbonyl (C=O) groups is 1. The number of furan rings is 1. The number of anilines is 1. The van der Waals surface area contributed by atoms with Gasteiger partial charge < -0.3 is 20.6 Å². The molecule has 0 fully saturated rings. The maximum Gasteiger partial charge on any atom is 0.286 e. The topological polar surface area (TPSA) is 91.5 Å². The molecule has 1 amide bonds. The lowest BCUT2D eigenvalue weighted by molar-refractivity contribution is 0.0977. The zero-order valence-electron chi connectivity index (χ0n) is 8.11. The van der Waals surface area contributed by atoms with Crippen LogP contribution in [0.15, 0.2) is 22.6 Å². The van der Waals surface area contributed by atoms with Gasteiger partial charge in [0.15, 0.2) is 11.3 Å². The molecule has 0 atom stereocenters. The van der Waals surface area contributed by atoms with Gasteiger partial charge in [0, 0.05) is 5.39 Å². The fourth-order valence-electron chi connectivity index (χ4n) is 1.46. The van der Waals surface area contributed by atoms with Gasteiger partial charge in [-0.15, -0.1) is 0 Å². The molecule has 0 spiro atoms. The second kappa shape index (κ2) is 3.20. The molecular formula is C10H10N2O3. The Hall–Kier alpha value is -2.17. The zero-order valence-corrected chi connectivity index (χ0v) is 8.11. The van der Waals surface area contributed by atoms with E-state index >= 15 is 0 Å². The number of amides is 1. The molecule has 5 nitrogen and oxygen atoms in total. The third kappa shape index (κ3) is 1.28. The Balaban J connectivity index is 2.81. The number of nitrogens with two attached hydrogens (primary N) is 2. The summed E-state index contributed by atoms with van der Waals surface area (Å²) in [6.07, 6.45) is 0. The van der Waals surface area contributed by atoms with Crippen molar-refractivity contribution in [2.75, 3.05) is 12.8 Å². The minimum absolute atomic E-state index is 0.0329. The Morgan fingerprint density at radius 1 is 1.47 bits per heavy atom. The van der Waals surface area contributed by atoms with E-state index in [1.165, 1.54) is 7.11 Å². The standard InChI is InChI=1S/C10H10N2O3/c1-14-6-4-2-3-5-7(11)9(10(12)13)15-8(5)6/h2-4H,11H2,1H3,(H2,12,13). The molecule has 0 saturated heterocycles. The van der Waals surface area contributed by atoms with Crippen molar-refractivity contribution in [3.8, 4) is 5.75 Å². The van der Waals surface area contributed by atoms with E-state index in [0.29, 0.717) is 16.7 Å². The second-order valence-corrected chi connectivity index (χ2v) is 3.05. The number of hydrogen-bond acceptors (Lipinski definition) is 4. The van der Waals surface area contributed by atoms with Crippen molar-refractivity contribution in [2.24, 2.45) is 5.73 Å². The summed E-state index contributed by atoms with van der Waals surface area (Å²) >= 11 is 0. The van der Waals surface area contributed by atoms with Gasteiger partial charge >= 0.3 is 0 Å². The fourth-order valence-corrected chi connectivity index (χ4v) is 1.46. The van der Waals surface area contributed by atoms with Gasteiger partial charge in [0.05, 0.1) is 12.8 Å². The normalized spacial score (nSPS) is 10.5. The van der Waals surface area contributed by atoms with Crippen LogP contribution in [0.25, 0.3) is 11.0 Å². The van der Waals surface area contributed by atoms with Crippen LogP contribution in [0.2, 0.25) is 0 Å². The van der Waals surface area contributed by atoms with Gasteiger partial charge in [-0.2, -0.15) is 0 Å². The number of nitrogen functional groups attached to an aromatic ring is 1.